The lowest BCUT2D eigenvalue weighted by Crippen LogP contribution is -2.06. The van der Waals surface area contributed by atoms with Crippen LogP contribution in [0.25, 0.3) is 22.1 Å². The molecule has 1 atom stereocenters. The molecular formula is C17H13NO5. The molecule has 0 radical (unpaired) electrons. The Balaban J connectivity index is 2.30. The molecule has 1 N–H and O–H groups in total. The Kier molecular flexibility index (Phi) is 3.57. The summed E-state index contributed by atoms with van der Waals surface area (Å²) in [6.07, 6.45) is 0. The first-order valence-electron chi connectivity index (χ1n) is 6.98. The molecule has 1 heterocycles. The lowest BCUT2D eigenvalue weighted by Gasteiger charge is -2.06. The highest BCUT2D eigenvalue weighted by atomic mass is 16.6. The van der Waals surface area contributed by atoms with E-state index in [-0.39, 0.29) is 5.88 Å². The smallest absolute Gasteiger partial charge is 0.442 e. The number of furan rings is 1. The van der Waals surface area contributed by atoms with E-state index in [2.05, 4.69) is 0 Å². The maximum Gasteiger partial charge on any atom is 0.442 e. The summed E-state index contributed by atoms with van der Waals surface area (Å²) in [5, 5.41) is 21.0. The molecule has 0 saturated heterocycles. The normalized spacial score (nSPS) is 12.2. The van der Waals surface area contributed by atoms with E-state index in [1.165, 1.54) is 0 Å². The number of nitrogens with zero attached hydrogens (tertiary/aromatic N) is 1. The molecule has 6 nitrogen and oxygen atoms in total. The number of carbonyl (C=O) groups is 1. The molecule has 0 aliphatic rings. The van der Waals surface area contributed by atoms with Crippen molar-refractivity contribution in [2.24, 2.45) is 0 Å². The minimum Gasteiger partial charge on any atom is -0.481 e. The molecule has 0 fully saturated rings. The largest absolute Gasteiger partial charge is 0.481 e. The molecule has 3 aromatic rings. The van der Waals surface area contributed by atoms with Crippen molar-refractivity contribution in [2.75, 3.05) is 0 Å². The Labute approximate surface area is 131 Å². The van der Waals surface area contributed by atoms with Gasteiger partial charge >= 0.3 is 11.9 Å². The van der Waals surface area contributed by atoms with E-state index < -0.39 is 16.8 Å². The zero-order chi connectivity index (χ0) is 16.6. The van der Waals surface area contributed by atoms with Gasteiger partial charge < -0.3 is 9.52 Å². The highest BCUT2D eigenvalue weighted by Gasteiger charge is 2.26. The van der Waals surface area contributed by atoms with Crippen LogP contribution < -0.4 is 0 Å². The second-order valence-electron chi connectivity index (χ2n) is 5.22. The lowest BCUT2D eigenvalue weighted by molar-refractivity contribution is -0.400. The van der Waals surface area contributed by atoms with Crippen LogP contribution in [-0.2, 0) is 4.79 Å². The van der Waals surface area contributed by atoms with Crippen LogP contribution in [0.2, 0.25) is 0 Å². The van der Waals surface area contributed by atoms with Crippen LogP contribution in [0, 0.1) is 10.1 Å². The van der Waals surface area contributed by atoms with Gasteiger partial charge in [0.15, 0.2) is 0 Å². The maximum absolute atomic E-state index is 11.3. The zero-order valence-corrected chi connectivity index (χ0v) is 12.2. The van der Waals surface area contributed by atoms with E-state index in [0.717, 1.165) is 0 Å². The fourth-order valence-corrected chi connectivity index (χ4v) is 2.53. The first-order valence-corrected chi connectivity index (χ1v) is 6.98. The van der Waals surface area contributed by atoms with Crippen LogP contribution in [0.3, 0.4) is 0 Å². The van der Waals surface area contributed by atoms with Gasteiger partial charge in [-0.25, -0.2) is 0 Å². The highest BCUT2D eigenvalue weighted by molar-refractivity contribution is 5.99. The Morgan fingerprint density at radius 3 is 2.52 bits per heavy atom. The SMILES string of the molecule is CC(C(=O)O)c1ccc2oc([N+](=O)[O-])c(-c3ccccc3)c2c1. The Morgan fingerprint density at radius 2 is 1.91 bits per heavy atom. The minimum absolute atomic E-state index is 0.341. The van der Waals surface area contributed by atoms with Crippen LogP contribution in [0.4, 0.5) is 5.88 Å². The van der Waals surface area contributed by atoms with Crippen molar-refractivity contribution in [3.05, 3.63) is 64.2 Å². The van der Waals surface area contributed by atoms with Gasteiger partial charge in [0, 0.05) is 5.39 Å². The maximum atomic E-state index is 11.3. The summed E-state index contributed by atoms with van der Waals surface area (Å²) in [5.41, 5.74) is 1.94. The minimum atomic E-state index is -0.955. The monoisotopic (exact) mass is 311 g/mol. The van der Waals surface area contributed by atoms with Gasteiger partial charge in [0.25, 0.3) is 0 Å². The number of aliphatic carboxylic acids is 1. The molecule has 0 saturated carbocycles. The van der Waals surface area contributed by atoms with Crippen molar-refractivity contribution in [3.63, 3.8) is 0 Å². The summed E-state index contributed by atoms with van der Waals surface area (Å²) in [5.74, 6) is -2.01. The predicted molar refractivity (Wildman–Crippen MR) is 84.4 cm³/mol. The van der Waals surface area contributed by atoms with E-state index in [9.17, 15) is 14.9 Å². The third-order valence-corrected chi connectivity index (χ3v) is 3.79. The number of nitro groups is 1. The van der Waals surface area contributed by atoms with Crippen LogP contribution in [0.15, 0.2) is 52.9 Å². The van der Waals surface area contributed by atoms with Gasteiger partial charge in [-0.05, 0) is 30.2 Å². The number of hydrogen-bond donors (Lipinski definition) is 1. The summed E-state index contributed by atoms with van der Waals surface area (Å²) in [4.78, 5) is 21.9. The number of hydrogen-bond acceptors (Lipinski definition) is 4. The lowest BCUT2D eigenvalue weighted by atomic mass is 9.97. The van der Waals surface area contributed by atoms with Crippen molar-refractivity contribution < 1.29 is 19.2 Å². The van der Waals surface area contributed by atoms with E-state index in [1.54, 1.807) is 49.4 Å². The third kappa shape index (κ3) is 2.55. The van der Waals surface area contributed by atoms with Crippen molar-refractivity contribution >= 4 is 22.8 Å². The van der Waals surface area contributed by atoms with E-state index in [0.29, 0.717) is 27.7 Å². The number of fused-ring (bicyclic) bond motifs is 1. The predicted octanol–water partition coefficient (Wildman–Crippen LogP) is 4.20. The Bertz CT molecular complexity index is 898. The molecule has 0 aliphatic carbocycles. The average molecular weight is 311 g/mol. The van der Waals surface area contributed by atoms with E-state index in [4.69, 9.17) is 9.52 Å². The second kappa shape index (κ2) is 5.57. The fourth-order valence-electron chi connectivity index (χ4n) is 2.53. The standard InChI is InChI=1S/C17H13NO5/c1-10(17(19)20)12-7-8-14-13(9-12)15(16(23-14)18(21)22)11-5-3-2-4-6-11/h2-10H,1H3,(H,19,20). The Morgan fingerprint density at radius 1 is 1.22 bits per heavy atom. The number of rotatable bonds is 4. The average Bonchev–Trinajstić information content (AvgIpc) is 2.93. The highest BCUT2D eigenvalue weighted by Crippen LogP contribution is 2.40. The summed E-state index contributed by atoms with van der Waals surface area (Å²) in [6, 6.07) is 13.7. The molecule has 0 spiro atoms. The quantitative estimate of drug-likeness (QED) is 0.575. The van der Waals surface area contributed by atoms with Gasteiger partial charge in [0.05, 0.1) is 5.92 Å². The van der Waals surface area contributed by atoms with Crippen molar-refractivity contribution in [2.45, 2.75) is 12.8 Å². The Hall–Kier alpha value is -3.15. The number of benzene rings is 2. The van der Waals surface area contributed by atoms with E-state index >= 15 is 0 Å². The molecular weight excluding hydrogens is 298 g/mol. The van der Waals surface area contributed by atoms with Crippen molar-refractivity contribution in [3.8, 4) is 11.1 Å². The molecule has 6 heteroatoms. The van der Waals surface area contributed by atoms with Gasteiger partial charge in [-0.15, -0.1) is 0 Å². The molecule has 0 amide bonds. The van der Waals surface area contributed by atoms with Crippen molar-refractivity contribution in [1.82, 2.24) is 0 Å². The molecule has 0 bridgehead atoms. The molecule has 1 aromatic heterocycles. The second-order valence-corrected chi connectivity index (χ2v) is 5.22. The first kappa shape index (κ1) is 14.8. The molecule has 3 rings (SSSR count). The zero-order valence-electron chi connectivity index (χ0n) is 12.2. The van der Waals surface area contributed by atoms with Gasteiger partial charge in [-0.1, -0.05) is 36.4 Å². The molecule has 116 valence electrons. The topological polar surface area (TPSA) is 93.6 Å². The first-order chi connectivity index (χ1) is 11.0. The van der Waals surface area contributed by atoms with Gasteiger partial charge in [0.2, 0.25) is 0 Å². The van der Waals surface area contributed by atoms with E-state index in [1.807, 2.05) is 6.07 Å². The fraction of sp³-hybridized carbons (Fsp3) is 0.118. The number of carboxylic acids is 1. The van der Waals surface area contributed by atoms with Gasteiger partial charge in [-0.3, -0.25) is 14.9 Å². The summed E-state index contributed by atoms with van der Waals surface area (Å²) >= 11 is 0. The summed E-state index contributed by atoms with van der Waals surface area (Å²) in [7, 11) is 0. The molecule has 1 unspecified atom stereocenters. The molecule has 2 aromatic carbocycles. The molecule has 23 heavy (non-hydrogen) atoms. The molecule has 0 aliphatic heterocycles. The third-order valence-electron chi connectivity index (χ3n) is 3.79. The van der Waals surface area contributed by atoms with Crippen LogP contribution in [-0.4, -0.2) is 16.0 Å². The number of carboxylic acid groups (broad SMARTS) is 1. The summed E-state index contributed by atoms with van der Waals surface area (Å²) < 4.78 is 5.36. The van der Waals surface area contributed by atoms with Gasteiger partial charge in [0.1, 0.15) is 16.1 Å². The van der Waals surface area contributed by atoms with Crippen LogP contribution in [0.1, 0.15) is 18.4 Å². The van der Waals surface area contributed by atoms with Crippen LogP contribution >= 0.6 is 0 Å². The summed E-state index contributed by atoms with van der Waals surface area (Å²) in [6.45, 7) is 1.57. The van der Waals surface area contributed by atoms with Gasteiger partial charge in [-0.2, -0.15) is 0 Å². The van der Waals surface area contributed by atoms with Crippen molar-refractivity contribution in [1.29, 1.82) is 0 Å². The van der Waals surface area contributed by atoms with Crippen LogP contribution in [0.5, 0.6) is 0 Å².